The van der Waals surface area contributed by atoms with E-state index in [9.17, 15) is 18.0 Å². The SMILES string of the molecule is CN1CCC(CC(=O)Nc2cc(C(F)(F)F)ccc2Cl)C1. The summed E-state index contributed by atoms with van der Waals surface area (Å²) in [7, 11) is 1.97. The predicted octanol–water partition coefficient (Wildman–Crippen LogP) is 3.64. The molecule has 1 N–H and O–H groups in total. The third-order valence-corrected chi connectivity index (χ3v) is 3.86. The quantitative estimate of drug-likeness (QED) is 0.922. The molecule has 1 aromatic carbocycles. The average Bonchev–Trinajstić information content (AvgIpc) is 2.76. The number of likely N-dealkylation sites (tertiary alicyclic amines) is 1. The van der Waals surface area contributed by atoms with Gasteiger partial charge in [0.05, 0.1) is 16.3 Å². The second-order valence-corrected chi connectivity index (χ2v) is 5.77. The van der Waals surface area contributed by atoms with Crippen molar-refractivity contribution in [2.75, 3.05) is 25.5 Å². The third-order valence-electron chi connectivity index (χ3n) is 3.53. The highest BCUT2D eigenvalue weighted by atomic mass is 35.5. The van der Waals surface area contributed by atoms with Crippen molar-refractivity contribution in [2.24, 2.45) is 5.92 Å². The van der Waals surface area contributed by atoms with Crippen LogP contribution in [0.15, 0.2) is 18.2 Å². The van der Waals surface area contributed by atoms with E-state index in [0.29, 0.717) is 0 Å². The number of carbonyl (C=O) groups excluding carboxylic acids is 1. The topological polar surface area (TPSA) is 32.3 Å². The Balaban J connectivity index is 2.03. The molecule has 1 aliphatic heterocycles. The van der Waals surface area contributed by atoms with Gasteiger partial charge in [-0.3, -0.25) is 4.79 Å². The van der Waals surface area contributed by atoms with Crippen LogP contribution in [0, 0.1) is 5.92 Å². The zero-order valence-electron chi connectivity index (χ0n) is 11.5. The maximum atomic E-state index is 12.6. The Hall–Kier alpha value is -1.27. The summed E-state index contributed by atoms with van der Waals surface area (Å²) in [6.45, 7) is 1.76. The van der Waals surface area contributed by atoms with Crippen LogP contribution in [0.5, 0.6) is 0 Å². The summed E-state index contributed by atoms with van der Waals surface area (Å²) in [6.07, 6.45) is -3.25. The molecule has 1 aliphatic rings. The standard InChI is InChI=1S/C14H16ClF3N2O/c1-20-5-4-9(8-20)6-13(21)19-12-7-10(14(16,17)18)2-3-11(12)15/h2-3,7,9H,4-6,8H2,1H3,(H,19,21). The van der Waals surface area contributed by atoms with Crippen molar-refractivity contribution in [3.8, 4) is 0 Å². The fraction of sp³-hybridized carbons (Fsp3) is 0.500. The predicted molar refractivity (Wildman–Crippen MR) is 75.3 cm³/mol. The molecule has 1 saturated heterocycles. The number of hydrogen-bond donors (Lipinski definition) is 1. The summed E-state index contributed by atoms with van der Waals surface area (Å²) in [5.74, 6) is -0.0731. The number of carbonyl (C=O) groups is 1. The number of nitrogens with one attached hydrogen (secondary N) is 1. The summed E-state index contributed by atoms with van der Waals surface area (Å²) in [6, 6.07) is 2.90. The fourth-order valence-electron chi connectivity index (χ4n) is 2.45. The summed E-state index contributed by atoms with van der Waals surface area (Å²) >= 11 is 5.84. The summed E-state index contributed by atoms with van der Waals surface area (Å²) in [4.78, 5) is 14.0. The minimum Gasteiger partial charge on any atom is -0.325 e. The first-order valence-electron chi connectivity index (χ1n) is 6.61. The van der Waals surface area contributed by atoms with Crippen LogP contribution in [0.3, 0.4) is 0 Å². The molecule has 0 aliphatic carbocycles. The molecule has 21 heavy (non-hydrogen) atoms. The zero-order chi connectivity index (χ0) is 15.6. The smallest absolute Gasteiger partial charge is 0.325 e. The second kappa shape index (κ2) is 6.23. The molecule has 116 valence electrons. The number of alkyl halides is 3. The minimum atomic E-state index is -4.46. The van der Waals surface area contributed by atoms with E-state index >= 15 is 0 Å². The van der Waals surface area contributed by atoms with Crippen molar-refractivity contribution < 1.29 is 18.0 Å². The Bertz CT molecular complexity index is 533. The van der Waals surface area contributed by atoms with Crippen LogP contribution in [0.1, 0.15) is 18.4 Å². The van der Waals surface area contributed by atoms with Crippen molar-refractivity contribution in [1.82, 2.24) is 4.90 Å². The lowest BCUT2D eigenvalue weighted by atomic mass is 10.0. The number of halogens is 4. The summed E-state index contributed by atoms with van der Waals surface area (Å²) < 4.78 is 37.9. The van der Waals surface area contributed by atoms with Crippen LogP contribution >= 0.6 is 11.6 Å². The molecular formula is C14H16ClF3N2O. The number of rotatable bonds is 3. The molecule has 1 aromatic rings. The molecule has 3 nitrogen and oxygen atoms in total. The Morgan fingerprint density at radius 3 is 2.76 bits per heavy atom. The minimum absolute atomic E-state index is 0.00263. The number of hydrogen-bond acceptors (Lipinski definition) is 2. The van der Waals surface area contributed by atoms with E-state index < -0.39 is 11.7 Å². The van der Waals surface area contributed by atoms with Gasteiger partial charge in [-0.1, -0.05) is 11.6 Å². The molecule has 0 radical (unpaired) electrons. The highest BCUT2D eigenvalue weighted by Gasteiger charge is 2.31. The zero-order valence-corrected chi connectivity index (χ0v) is 12.3. The molecular weight excluding hydrogens is 305 g/mol. The molecule has 0 saturated carbocycles. The lowest BCUT2D eigenvalue weighted by molar-refractivity contribution is -0.137. The Morgan fingerprint density at radius 1 is 1.48 bits per heavy atom. The largest absolute Gasteiger partial charge is 0.416 e. The molecule has 1 atom stereocenters. The first kappa shape index (κ1) is 16.1. The van der Waals surface area contributed by atoms with Gasteiger partial charge in [0.25, 0.3) is 0 Å². The summed E-state index contributed by atoms with van der Waals surface area (Å²) in [5, 5.41) is 2.57. The van der Waals surface area contributed by atoms with Gasteiger partial charge in [-0.2, -0.15) is 13.2 Å². The van der Waals surface area contributed by atoms with Crippen molar-refractivity contribution in [2.45, 2.75) is 19.0 Å². The number of nitrogens with zero attached hydrogens (tertiary/aromatic N) is 1. The van der Waals surface area contributed by atoms with E-state index in [1.807, 2.05) is 7.05 Å². The van der Waals surface area contributed by atoms with E-state index in [4.69, 9.17) is 11.6 Å². The van der Waals surface area contributed by atoms with Gasteiger partial charge in [0.15, 0.2) is 0 Å². The van der Waals surface area contributed by atoms with Crippen molar-refractivity contribution in [3.63, 3.8) is 0 Å². The van der Waals surface area contributed by atoms with Crippen molar-refractivity contribution in [3.05, 3.63) is 28.8 Å². The van der Waals surface area contributed by atoms with E-state index in [0.717, 1.165) is 37.7 Å². The monoisotopic (exact) mass is 320 g/mol. The van der Waals surface area contributed by atoms with Crippen molar-refractivity contribution >= 4 is 23.2 Å². The molecule has 1 heterocycles. The van der Waals surface area contributed by atoms with Gasteiger partial charge >= 0.3 is 6.18 Å². The lowest BCUT2D eigenvalue weighted by Gasteiger charge is -2.13. The fourth-order valence-corrected chi connectivity index (χ4v) is 2.62. The van der Waals surface area contributed by atoms with E-state index in [-0.39, 0.29) is 29.0 Å². The number of benzene rings is 1. The Labute approximate surface area is 126 Å². The van der Waals surface area contributed by atoms with E-state index in [2.05, 4.69) is 10.2 Å². The number of anilines is 1. The Morgan fingerprint density at radius 2 is 2.19 bits per heavy atom. The maximum absolute atomic E-state index is 12.6. The van der Waals surface area contributed by atoms with Crippen LogP contribution in [0.25, 0.3) is 0 Å². The van der Waals surface area contributed by atoms with E-state index in [1.54, 1.807) is 0 Å². The number of amides is 1. The Kier molecular flexibility index (Phi) is 4.78. The normalized spacial score (nSPS) is 19.8. The van der Waals surface area contributed by atoms with Gasteiger partial charge in [-0.05, 0) is 44.1 Å². The first-order valence-corrected chi connectivity index (χ1v) is 6.98. The average molecular weight is 321 g/mol. The molecule has 1 fully saturated rings. The first-order chi connectivity index (χ1) is 9.75. The molecule has 2 rings (SSSR count). The van der Waals surface area contributed by atoms with Gasteiger partial charge in [0.1, 0.15) is 0 Å². The highest BCUT2D eigenvalue weighted by Crippen LogP contribution is 2.34. The van der Waals surface area contributed by atoms with Crippen LogP contribution in [-0.2, 0) is 11.0 Å². The van der Waals surface area contributed by atoms with Crippen LogP contribution in [-0.4, -0.2) is 30.9 Å². The molecule has 1 amide bonds. The highest BCUT2D eigenvalue weighted by molar-refractivity contribution is 6.33. The maximum Gasteiger partial charge on any atom is 0.416 e. The van der Waals surface area contributed by atoms with Crippen LogP contribution in [0.4, 0.5) is 18.9 Å². The lowest BCUT2D eigenvalue weighted by Crippen LogP contribution is -2.20. The molecule has 1 unspecified atom stereocenters. The van der Waals surface area contributed by atoms with Gasteiger partial charge in [-0.25, -0.2) is 0 Å². The van der Waals surface area contributed by atoms with Gasteiger partial charge in [0, 0.05) is 13.0 Å². The van der Waals surface area contributed by atoms with Gasteiger partial charge in [-0.15, -0.1) is 0 Å². The van der Waals surface area contributed by atoms with Crippen LogP contribution < -0.4 is 5.32 Å². The van der Waals surface area contributed by atoms with Gasteiger partial charge in [0.2, 0.25) is 5.91 Å². The molecule has 0 spiro atoms. The van der Waals surface area contributed by atoms with E-state index in [1.165, 1.54) is 0 Å². The molecule has 7 heteroatoms. The molecule has 0 aromatic heterocycles. The summed E-state index contributed by atoms with van der Waals surface area (Å²) in [5.41, 5.74) is -0.828. The van der Waals surface area contributed by atoms with Crippen molar-refractivity contribution in [1.29, 1.82) is 0 Å². The van der Waals surface area contributed by atoms with Gasteiger partial charge < -0.3 is 10.2 Å². The second-order valence-electron chi connectivity index (χ2n) is 5.36. The molecule has 0 bridgehead atoms. The van der Waals surface area contributed by atoms with Crippen LogP contribution in [0.2, 0.25) is 5.02 Å². The third kappa shape index (κ3) is 4.35.